The van der Waals surface area contributed by atoms with Crippen LogP contribution in [0.4, 0.5) is 5.95 Å². The molecule has 0 aliphatic rings. The highest BCUT2D eigenvalue weighted by atomic mass is 35.5. The van der Waals surface area contributed by atoms with Gasteiger partial charge in [0.1, 0.15) is 0 Å². The molecule has 0 fully saturated rings. The SMILES string of the molecule is Nc1nc(-c2ccccc2)c(-c2ccc(=O)[nH]c2)c2nc(Cc3ccc(Cl)cn3)nn12. The van der Waals surface area contributed by atoms with E-state index in [1.165, 1.54) is 10.6 Å². The number of nitrogens with zero attached hydrogens (tertiary/aromatic N) is 5. The number of nitrogens with two attached hydrogens (primary N) is 1. The molecule has 9 heteroatoms. The van der Waals surface area contributed by atoms with Gasteiger partial charge in [-0.15, -0.1) is 5.10 Å². The van der Waals surface area contributed by atoms with Crippen molar-refractivity contribution in [2.45, 2.75) is 6.42 Å². The van der Waals surface area contributed by atoms with E-state index in [1.807, 2.05) is 36.4 Å². The van der Waals surface area contributed by atoms with Gasteiger partial charge in [-0.3, -0.25) is 9.78 Å². The van der Waals surface area contributed by atoms with E-state index in [0.29, 0.717) is 28.6 Å². The highest BCUT2D eigenvalue weighted by Gasteiger charge is 2.20. The number of hydrogen-bond donors (Lipinski definition) is 2. The summed E-state index contributed by atoms with van der Waals surface area (Å²) in [5, 5.41) is 5.10. The highest BCUT2D eigenvalue weighted by molar-refractivity contribution is 6.30. The summed E-state index contributed by atoms with van der Waals surface area (Å²) in [7, 11) is 0. The van der Waals surface area contributed by atoms with Crippen molar-refractivity contribution >= 4 is 23.2 Å². The Hall–Kier alpha value is -4.04. The van der Waals surface area contributed by atoms with Crippen LogP contribution in [0.1, 0.15) is 11.5 Å². The molecule has 0 saturated carbocycles. The Bertz CT molecular complexity index is 1420. The van der Waals surface area contributed by atoms with Gasteiger partial charge in [-0.25, -0.2) is 9.97 Å². The maximum Gasteiger partial charge on any atom is 0.247 e. The van der Waals surface area contributed by atoms with Crippen molar-refractivity contribution in [2.75, 3.05) is 5.73 Å². The van der Waals surface area contributed by atoms with Crippen LogP contribution < -0.4 is 11.3 Å². The predicted molar refractivity (Wildman–Crippen MR) is 119 cm³/mol. The lowest BCUT2D eigenvalue weighted by Crippen LogP contribution is -2.07. The molecule has 0 radical (unpaired) electrons. The molecule has 1 aromatic carbocycles. The van der Waals surface area contributed by atoms with E-state index in [2.05, 4.69) is 20.1 Å². The molecule has 0 saturated heterocycles. The molecule has 0 aliphatic heterocycles. The Labute approximate surface area is 181 Å². The molecule has 0 unspecified atom stereocenters. The second-order valence-corrected chi connectivity index (χ2v) is 7.35. The van der Waals surface area contributed by atoms with Gasteiger partial charge in [-0.1, -0.05) is 41.9 Å². The van der Waals surface area contributed by atoms with Crippen LogP contribution >= 0.6 is 11.6 Å². The van der Waals surface area contributed by atoms with E-state index in [-0.39, 0.29) is 11.5 Å². The zero-order valence-electron chi connectivity index (χ0n) is 16.2. The Balaban J connectivity index is 1.73. The first kappa shape index (κ1) is 19.0. The molecule has 152 valence electrons. The molecule has 0 aliphatic carbocycles. The summed E-state index contributed by atoms with van der Waals surface area (Å²) in [5.74, 6) is 0.754. The number of benzene rings is 1. The van der Waals surface area contributed by atoms with Crippen LogP contribution in [0.2, 0.25) is 5.02 Å². The van der Waals surface area contributed by atoms with Gasteiger partial charge in [0.2, 0.25) is 11.5 Å². The third-order valence-corrected chi connectivity index (χ3v) is 5.03. The van der Waals surface area contributed by atoms with E-state index in [9.17, 15) is 4.79 Å². The third-order valence-electron chi connectivity index (χ3n) is 4.80. The zero-order chi connectivity index (χ0) is 21.4. The van der Waals surface area contributed by atoms with Crippen molar-refractivity contribution in [2.24, 2.45) is 0 Å². The lowest BCUT2D eigenvalue weighted by atomic mass is 10.0. The summed E-state index contributed by atoms with van der Waals surface area (Å²) < 4.78 is 1.51. The molecule has 0 bridgehead atoms. The van der Waals surface area contributed by atoms with Gasteiger partial charge in [0.25, 0.3) is 0 Å². The molecule has 5 aromatic rings. The van der Waals surface area contributed by atoms with Crippen LogP contribution in [0.25, 0.3) is 28.0 Å². The summed E-state index contributed by atoms with van der Waals surface area (Å²) in [6, 6.07) is 16.5. The second-order valence-electron chi connectivity index (χ2n) is 6.91. The number of nitrogens with one attached hydrogen (secondary N) is 1. The van der Waals surface area contributed by atoms with Gasteiger partial charge in [0, 0.05) is 35.3 Å². The first-order valence-corrected chi connectivity index (χ1v) is 9.86. The fourth-order valence-electron chi connectivity index (χ4n) is 3.38. The molecule has 31 heavy (non-hydrogen) atoms. The molecular weight excluding hydrogens is 414 g/mol. The third kappa shape index (κ3) is 3.64. The van der Waals surface area contributed by atoms with E-state index < -0.39 is 0 Å². The summed E-state index contributed by atoms with van der Waals surface area (Å²) >= 11 is 5.93. The van der Waals surface area contributed by atoms with E-state index in [1.54, 1.807) is 24.5 Å². The number of aromatic nitrogens is 6. The quantitative estimate of drug-likeness (QED) is 0.452. The van der Waals surface area contributed by atoms with Gasteiger partial charge < -0.3 is 10.7 Å². The molecule has 0 spiro atoms. The maximum absolute atomic E-state index is 11.6. The number of hydrogen-bond acceptors (Lipinski definition) is 6. The number of fused-ring (bicyclic) bond motifs is 1. The van der Waals surface area contributed by atoms with Crippen LogP contribution in [-0.4, -0.2) is 29.5 Å². The van der Waals surface area contributed by atoms with Crippen molar-refractivity contribution in [1.29, 1.82) is 0 Å². The molecule has 8 nitrogen and oxygen atoms in total. The van der Waals surface area contributed by atoms with E-state index >= 15 is 0 Å². The molecule has 0 amide bonds. The second kappa shape index (κ2) is 7.66. The molecule has 3 N–H and O–H groups in total. The number of pyridine rings is 2. The van der Waals surface area contributed by atoms with Crippen LogP contribution in [0.15, 0.2) is 71.8 Å². The molecule has 5 rings (SSSR count). The van der Waals surface area contributed by atoms with Crippen LogP contribution in [0, 0.1) is 0 Å². The fraction of sp³-hybridized carbons (Fsp3) is 0.0455. The Kier molecular flexibility index (Phi) is 4.68. The van der Waals surface area contributed by atoms with Crippen molar-refractivity contribution in [3.63, 3.8) is 0 Å². The molecule has 0 atom stereocenters. The zero-order valence-corrected chi connectivity index (χ0v) is 16.9. The smallest absolute Gasteiger partial charge is 0.247 e. The monoisotopic (exact) mass is 429 g/mol. The van der Waals surface area contributed by atoms with Gasteiger partial charge in [-0.2, -0.15) is 4.52 Å². The first-order valence-electron chi connectivity index (χ1n) is 9.48. The number of aromatic amines is 1. The fourth-order valence-corrected chi connectivity index (χ4v) is 3.50. The van der Waals surface area contributed by atoms with Crippen LogP contribution in [0.3, 0.4) is 0 Å². The van der Waals surface area contributed by atoms with Crippen molar-refractivity contribution in [1.82, 2.24) is 29.5 Å². The number of rotatable bonds is 4. The minimum Gasteiger partial charge on any atom is -0.368 e. The van der Waals surface area contributed by atoms with Gasteiger partial charge in [0.05, 0.1) is 22.7 Å². The topological polar surface area (TPSA) is 115 Å². The number of halogens is 1. The van der Waals surface area contributed by atoms with Crippen molar-refractivity contribution in [3.05, 3.63) is 93.9 Å². The van der Waals surface area contributed by atoms with Crippen LogP contribution in [0.5, 0.6) is 0 Å². The highest BCUT2D eigenvalue weighted by Crippen LogP contribution is 2.34. The normalized spacial score (nSPS) is 11.1. The number of nitrogen functional groups attached to an aromatic ring is 1. The van der Waals surface area contributed by atoms with Gasteiger partial charge in [-0.05, 0) is 18.2 Å². The summed E-state index contributed by atoms with van der Waals surface area (Å²) in [6.45, 7) is 0. The largest absolute Gasteiger partial charge is 0.368 e. The average Bonchev–Trinajstić information content (AvgIpc) is 3.21. The summed E-state index contributed by atoms with van der Waals surface area (Å²) in [4.78, 5) is 28.0. The Morgan fingerprint density at radius 2 is 1.84 bits per heavy atom. The predicted octanol–water partition coefficient (Wildman–Crippen LogP) is 3.37. The Morgan fingerprint density at radius 3 is 2.55 bits per heavy atom. The lowest BCUT2D eigenvalue weighted by molar-refractivity contribution is 0.880. The minimum atomic E-state index is -0.194. The number of H-pyrrole nitrogens is 1. The van der Waals surface area contributed by atoms with Crippen LogP contribution in [-0.2, 0) is 6.42 Å². The Morgan fingerprint density at radius 1 is 1.00 bits per heavy atom. The van der Waals surface area contributed by atoms with Gasteiger partial charge in [0.15, 0.2) is 11.5 Å². The first-order chi connectivity index (χ1) is 15.1. The van der Waals surface area contributed by atoms with Gasteiger partial charge >= 0.3 is 0 Å². The maximum atomic E-state index is 11.6. The summed E-state index contributed by atoms with van der Waals surface area (Å²) in [6.07, 6.45) is 3.63. The van der Waals surface area contributed by atoms with E-state index in [4.69, 9.17) is 22.3 Å². The molecular formula is C22H16ClN7O. The van der Waals surface area contributed by atoms with Crippen molar-refractivity contribution < 1.29 is 0 Å². The minimum absolute atomic E-state index is 0.194. The molecule has 4 heterocycles. The molecule has 4 aromatic heterocycles. The number of anilines is 1. The standard InChI is InChI=1S/C22H16ClN7O/c23-15-7-8-16(25-12-15)10-17-27-21-19(14-6-9-18(31)26-11-14)20(13-4-2-1-3-5-13)28-22(24)30(21)29-17/h1-9,11-12H,10H2,(H2,24,28)(H,26,31). The van der Waals surface area contributed by atoms with Crippen molar-refractivity contribution in [3.8, 4) is 22.4 Å². The average molecular weight is 430 g/mol. The summed E-state index contributed by atoms with van der Waals surface area (Å²) in [5.41, 5.74) is 10.4. The lowest BCUT2D eigenvalue weighted by Gasteiger charge is -2.11. The van der Waals surface area contributed by atoms with E-state index in [0.717, 1.165) is 22.4 Å².